The zero-order valence-corrected chi connectivity index (χ0v) is 10.5. The number of H-pyrrole nitrogens is 1. The molecular formula is C10H12N6OS. The monoisotopic (exact) mass is 264 g/mol. The van der Waals surface area contributed by atoms with E-state index in [9.17, 15) is 4.79 Å². The zero-order valence-electron chi connectivity index (χ0n) is 9.67. The lowest BCUT2D eigenvalue weighted by Gasteiger charge is -2.02. The van der Waals surface area contributed by atoms with Gasteiger partial charge in [-0.2, -0.15) is 0 Å². The Morgan fingerprint density at radius 2 is 2.44 bits per heavy atom. The first-order valence-electron chi connectivity index (χ1n) is 5.11. The van der Waals surface area contributed by atoms with Gasteiger partial charge >= 0.3 is 5.69 Å². The van der Waals surface area contributed by atoms with E-state index in [1.165, 1.54) is 16.3 Å². The SMILES string of the molecule is Cn1c(SCc2ccnc(C(=N)N)c2)n[nH]c1=O. The van der Waals surface area contributed by atoms with Crippen LogP contribution >= 0.6 is 11.8 Å². The maximum absolute atomic E-state index is 11.2. The quantitative estimate of drug-likeness (QED) is 0.411. The maximum atomic E-state index is 11.2. The van der Waals surface area contributed by atoms with Crippen molar-refractivity contribution in [2.24, 2.45) is 12.8 Å². The fourth-order valence-electron chi connectivity index (χ4n) is 1.32. The van der Waals surface area contributed by atoms with Crippen LogP contribution in [0.15, 0.2) is 28.3 Å². The van der Waals surface area contributed by atoms with Gasteiger partial charge in [0, 0.05) is 19.0 Å². The van der Waals surface area contributed by atoms with Crippen LogP contribution in [-0.2, 0) is 12.8 Å². The summed E-state index contributed by atoms with van der Waals surface area (Å²) in [5, 5.41) is 14.2. The number of pyridine rings is 1. The molecule has 94 valence electrons. The Balaban J connectivity index is 2.11. The standard InChI is InChI=1S/C10H12N6OS/c1-16-9(17)14-15-10(16)18-5-6-2-3-13-7(4-6)8(11)12/h2-4H,5H2,1H3,(H3,11,12)(H,14,17). The number of hydrogen-bond acceptors (Lipinski definition) is 5. The lowest BCUT2D eigenvalue weighted by atomic mass is 10.2. The molecule has 8 heteroatoms. The van der Waals surface area contributed by atoms with E-state index in [0.717, 1.165) is 5.56 Å². The zero-order chi connectivity index (χ0) is 13.1. The first-order valence-corrected chi connectivity index (χ1v) is 6.10. The van der Waals surface area contributed by atoms with Crippen molar-refractivity contribution in [1.82, 2.24) is 19.7 Å². The Morgan fingerprint density at radius 3 is 3.06 bits per heavy atom. The van der Waals surface area contributed by atoms with Crippen LogP contribution in [0, 0.1) is 5.41 Å². The Kier molecular flexibility index (Phi) is 3.47. The second kappa shape index (κ2) is 5.05. The number of nitrogen functional groups attached to an aromatic ring is 1. The molecule has 0 saturated heterocycles. The van der Waals surface area contributed by atoms with Gasteiger partial charge in [0.1, 0.15) is 11.5 Å². The van der Waals surface area contributed by atoms with E-state index in [-0.39, 0.29) is 11.5 Å². The van der Waals surface area contributed by atoms with Gasteiger partial charge in [-0.15, -0.1) is 5.10 Å². The molecule has 4 N–H and O–H groups in total. The summed E-state index contributed by atoms with van der Waals surface area (Å²) in [7, 11) is 1.65. The average Bonchev–Trinajstić information content (AvgIpc) is 2.68. The highest BCUT2D eigenvalue weighted by Crippen LogP contribution is 2.18. The third kappa shape index (κ3) is 2.59. The van der Waals surface area contributed by atoms with Crippen LogP contribution in [0.4, 0.5) is 0 Å². The predicted molar refractivity (Wildman–Crippen MR) is 68.6 cm³/mol. The van der Waals surface area contributed by atoms with Crippen molar-refractivity contribution < 1.29 is 0 Å². The Bertz CT molecular complexity index is 631. The van der Waals surface area contributed by atoms with Crippen molar-refractivity contribution in [3.05, 3.63) is 40.1 Å². The van der Waals surface area contributed by atoms with Crippen molar-refractivity contribution in [2.75, 3.05) is 0 Å². The predicted octanol–water partition coefficient (Wildman–Crippen LogP) is 0.0798. The highest BCUT2D eigenvalue weighted by molar-refractivity contribution is 7.98. The normalized spacial score (nSPS) is 10.5. The molecular weight excluding hydrogens is 252 g/mol. The summed E-state index contributed by atoms with van der Waals surface area (Å²) in [6, 6.07) is 3.59. The third-order valence-electron chi connectivity index (χ3n) is 2.31. The number of rotatable bonds is 4. The van der Waals surface area contributed by atoms with E-state index in [2.05, 4.69) is 15.2 Å². The molecule has 0 fully saturated rings. The van der Waals surface area contributed by atoms with Gasteiger partial charge in [-0.25, -0.2) is 9.89 Å². The van der Waals surface area contributed by atoms with Crippen LogP contribution < -0.4 is 11.4 Å². The lowest BCUT2D eigenvalue weighted by molar-refractivity contribution is 0.766. The number of hydrogen-bond donors (Lipinski definition) is 3. The summed E-state index contributed by atoms with van der Waals surface area (Å²) in [5.74, 6) is 0.565. The summed E-state index contributed by atoms with van der Waals surface area (Å²) in [6.45, 7) is 0. The van der Waals surface area contributed by atoms with E-state index < -0.39 is 0 Å². The topological polar surface area (TPSA) is 113 Å². The van der Waals surface area contributed by atoms with E-state index >= 15 is 0 Å². The van der Waals surface area contributed by atoms with Gasteiger partial charge in [-0.1, -0.05) is 11.8 Å². The number of nitrogens with one attached hydrogen (secondary N) is 2. The van der Waals surface area contributed by atoms with Crippen LogP contribution in [0.3, 0.4) is 0 Å². The Hall–Kier alpha value is -2.09. The fourth-order valence-corrected chi connectivity index (χ4v) is 2.18. The number of nitrogens with two attached hydrogens (primary N) is 1. The van der Waals surface area contributed by atoms with Gasteiger partial charge in [-0.05, 0) is 17.7 Å². The van der Waals surface area contributed by atoms with Gasteiger partial charge in [0.25, 0.3) is 0 Å². The third-order valence-corrected chi connectivity index (χ3v) is 3.41. The minimum atomic E-state index is -0.239. The summed E-state index contributed by atoms with van der Waals surface area (Å²) >= 11 is 1.42. The fraction of sp³-hybridized carbons (Fsp3) is 0.200. The number of aromatic nitrogens is 4. The van der Waals surface area contributed by atoms with Crippen molar-refractivity contribution in [3.8, 4) is 0 Å². The van der Waals surface area contributed by atoms with Gasteiger partial charge < -0.3 is 5.73 Å². The second-order valence-electron chi connectivity index (χ2n) is 3.62. The first-order chi connectivity index (χ1) is 8.58. The molecule has 7 nitrogen and oxygen atoms in total. The molecule has 0 aliphatic carbocycles. The van der Waals surface area contributed by atoms with Gasteiger partial charge in [0.15, 0.2) is 5.16 Å². The van der Waals surface area contributed by atoms with Crippen molar-refractivity contribution in [3.63, 3.8) is 0 Å². The van der Waals surface area contributed by atoms with Crippen molar-refractivity contribution in [2.45, 2.75) is 10.9 Å². The Morgan fingerprint density at radius 1 is 1.67 bits per heavy atom. The molecule has 2 aromatic rings. The van der Waals surface area contributed by atoms with Gasteiger partial charge in [0.2, 0.25) is 0 Å². The van der Waals surface area contributed by atoms with Crippen LogP contribution in [0.5, 0.6) is 0 Å². The molecule has 2 heterocycles. The first kappa shape index (κ1) is 12.4. The summed E-state index contributed by atoms with van der Waals surface area (Å²) < 4.78 is 1.44. The summed E-state index contributed by atoms with van der Waals surface area (Å²) in [5.41, 5.74) is 6.55. The maximum Gasteiger partial charge on any atom is 0.343 e. The lowest BCUT2D eigenvalue weighted by Crippen LogP contribution is -2.13. The molecule has 0 aliphatic rings. The van der Waals surface area contributed by atoms with Crippen molar-refractivity contribution >= 4 is 17.6 Å². The smallest absolute Gasteiger partial charge is 0.343 e. The highest BCUT2D eigenvalue weighted by atomic mass is 32.2. The minimum Gasteiger partial charge on any atom is -0.382 e. The molecule has 18 heavy (non-hydrogen) atoms. The molecule has 0 spiro atoms. The molecule has 2 rings (SSSR count). The molecule has 0 saturated carbocycles. The average molecular weight is 264 g/mol. The van der Waals surface area contributed by atoms with Crippen molar-refractivity contribution in [1.29, 1.82) is 5.41 Å². The van der Waals surface area contributed by atoms with E-state index in [1.807, 2.05) is 6.07 Å². The Labute approximate surface area is 107 Å². The van der Waals surface area contributed by atoms with Crippen LogP contribution in [0.1, 0.15) is 11.3 Å². The molecule has 0 bridgehead atoms. The number of amidine groups is 1. The number of nitrogens with zero attached hydrogens (tertiary/aromatic N) is 3. The van der Waals surface area contributed by atoms with Crippen LogP contribution in [0.2, 0.25) is 0 Å². The van der Waals surface area contributed by atoms with E-state index in [4.69, 9.17) is 11.1 Å². The molecule has 0 unspecified atom stereocenters. The van der Waals surface area contributed by atoms with E-state index in [1.54, 1.807) is 19.3 Å². The number of aromatic amines is 1. The minimum absolute atomic E-state index is 0.0611. The largest absolute Gasteiger partial charge is 0.382 e. The highest BCUT2D eigenvalue weighted by Gasteiger charge is 2.06. The van der Waals surface area contributed by atoms with Gasteiger partial charge in [-0.3, -0.25) is 15.0 Å². The summed E-state index contributed by atoms with van der Waals surface area (Å²) in [6.07, 6.45) is 1.61. The van der Waals surface area contributed by atoms with Gasteiger partial charge in [0.05, 0.1) is 0 Å². The second-order valence-corrected chi connectivity index (χ2v) is 4.56. The molecule has 0 amide bonds. The summed E-state index contributed by atoms with van der Waals surface area (Å²) in [4.78, 5) is 15.2. The van der Waals surface area contributed by atoms with Crippen LogP contribution in [0.25, 0.3) is 0 Å². The van der Waals surface area contributed by atoms with Crippen LogP contribution in [-0.4, -0.2) is 25.6 Å². The van der Waals surface area contributed by atoms with E-state index in [0.29, 0.717) is 16.6 Å². The molecule has 0 radical (unpaired) electrons. The molecule has 0 aliphatic heterocycles. The molecule has 0 aromatic carbocycles. The number of thioether (sulfide) groups is 1. The molecule has 0 atom stereocenters. The molecule has 2 aromatic heterocycles.